The molecule has 0 aromatic heterocycles. The summed E-state index contributed by atoms with van der Waals surface area (Å²) < 4.78 is 0. The van der Waals surface area contributed by atoms with E-state index in [4.69, 9.17) is 0 Å². The lowest BCUT2D eigenvalue weighted by Crippen LogP contribution is -2.33. The molecule has 0 spiro atoms. The van der Waals surface area contributed by atoms with Gasteiger partial charge in [0.2, 0.25) is 0 Å². The van der Waals surface area contributed by atoms with Crippen molar-refractivity contribution >= 4 is 0 Å². The fourth-order valence-electron chi connectivity index (χ4n) is 13.3. The van der Waals surface area contributed by atoms with E-state index in [9.17, 15) is 46.0 Å². The van der Waals surface area contributed by atoms with Crippen LogP contribution in [-0.4, -0.2) is 58.2 Å². The van der Waals surface area contributed by atoms with Crippen molar-refractivity contribution in [2.24, 2.45) is 11.3 Å². The molecule has 0 aliphatic rings. The Labute approximate surface area is 751 Å². The Morgan fingerprint density at radius 3 is 0.691 bits per heavy atom. The summed E-state index contributed by atoms with van der Waals surface area (Å²) in [7, 11) is 0. The number of aliphatic hydroxyl groups is 9. The molecule has 684 valence electrons. The zero-order valence-corrected chi connectivity index (χ0v) is 81.6. The second-order valence-corrected chi connectivity index (χ2v) is 36.9. The van der Waals surface area contributed by atoms with E-state index < -0.39 is 0 Å². The third kappa shape index (κ3) is 48.2. The quantitative estimate of drug-likeness (QED) is 0.0177. The molecule has 9 aromatic rings. The minimum Gasteiger partial charge on any atom is -0.392 e. The van der Waals surface area contributed by atoms with Crippen molar-refractivity contribution in [2.75, 3.05) is 0 Å². The van der Waals surface area contributed by atoms with Crippen molar-refractivity contribution in [3.63, 3.8) is 0 Å². The minimum absolute atomic E-state index is 0.0880. The molecule has 123 heavy (non-hydrogen) atoms. The first kappa shape index (κ1) is 114. The lowest BCUT2D eigenvalue weighted by molar-refractivity contribution is 0.0627. The lowest BCUT2D eigenvalue weighted by Gasteiger charge is -2.31. The predicted molar refractivity (Wildman–Crippen MR) is 529 cm³/mol. The number of rotatable bonds is 34. The molecule has 9 N–H and O–H groups in total. The van der Waals surface area contributed by atoms with Gasteiger partial charge in [-0.3, -0.25) is 0 Å². The maximum Gasteiger partial charge on any atom is 0.0838 e. The summed E-state index contributed by atoms with van der Waals surface area (Å²) in [6, 6.07) is 73.6. The van der Waals surface area contributed by atoms with Gasteiger partial charge in [-0.05, 0) is 169 Å². The van der Waals surface area contributed by atoms with Crippen LogP contribution in [0.1, 0.15) is 395 Å². The van der Waals surface area contributed by atoms with Crippen molar-refractivity contribution < 1.29 is 46.0 Å². The summed E-state index contributed by atoms with van der Waals surface area (Å²) in [5.41, 5.74) is 20.5. The average molecular weight is 1690 g/mol. The molecule has 0 aliphatic carbocycles. The van der Waals surface area contributed by atoms with Gasteiger partial charge in [0.15, 0.2) is 0 Å². The summed E-state index contributed by atoms with van der Waals surface area (Å²) in [6.45, 7) is 52.2. The van der Waals surface area contributed by atoms with Crippen LogP contribution in [0.4, 0.5) is 0 Å². The minimum atomic E-state index is -0.381. The smallest absolute Gasteiger partial charge is 0.0838 e. The summed E-state index contributed by atoms with van der Waals surface area (Å²) >= 11 is 0. The first-order chi connectivity index (χ1) is 58.2. The molecule has 9 atom stereocenters. The Kier molecular flexibility index (Phi) is 58.7. The van der Waals surface area contributed by atoms with Crippen molar-refractivity contribution in [3.8, 4) is 0 Å². The Bertz CT molecular complexity index is 4010. The molecular weight excluding hydrogens is 1510 g/mol. The molecule has 0 fully saturated rings. The SMILES string of the molecule is CCC(O)c1ccc(C)cc1.CCCC(O)c1ccc(C)cc1.CCCCC(O)C(C)(C)c1ccc(C)cc1.CCCCC(O)c1ccc(C)cc1.CCCCCC(O)C(C)(C)c1ccc(C)cc1.CCCCCC(O)c1ccc(C)cc1.CCCCCCC(O)c1ccc(C)cc1.Cc1ccc(C(O)C(C)(C)C)cc1.Cc1ccc(C(O)C(C)C)cc1. The number of aliphatic hydroxyl groups excluding tert-OH is 9. The third-order valence-electron chi connectivity index (χ3n) is 22.9. The highest BCUT2D eigenvalue weighted by Gasteiger charge is 2.31. The molecule has 0 aliphatic heterocycles. The highest BCUT2D eigenvalue weighted by molar-refractivity contribution is 5.32. The molecule has 9 nitrogen and oxygen atoms in total. The van der Waals surface area contributed by atoms with E-state index in [-0.39, 0.29) is 77.1 Å². The molecule has 9 rings (SSSR count). The van der Waals surface area contributed by atoms with Crippen LogP contribution in [0.25, 0.3) is 0 Å². The van der Waals surface area contributed by atoms with Gasteiger partial charge in [0.05, 0.1) is 54.9 Å². The van der Waals surface area contributed by atoms with E-state index in [2.05, 4.69) is 184 Å². The monoisotopic (exact) mass is 1690 g/mol. The van der Waals surface area contributed by atoms with Gasteiger partial charge in [-0.15, -0.1) is 0 Å². The lowest BCUT2D eigenvalue weighted by atomic mass is 9.77. The summed E-state index contributed by atoms with van der Waals surface area (Å²) in [4.78, 5) is 0. The van der Waals surface area contributed by atoms with Crippen molar-refractivity contribution in [2.45, 2.75) is 380 Å². The fraction of sp³-hybridized carbons (Fsp3) is 0.526. The Hall–Kier alpha value is -7.38. The molecule has 0 saturated carbocycles. The summed E-state index contributed by atoms with van der Waals surface area (Å²) in [5.74, 6) is 0.285. The second kappa shape index (κ2) is 63.5. The maximum absolute atomic E-state index is 10.3. The van der Waals surface area contributed by atoms with Gasteiger partial charge < -0.3 is 46.0 Å². The molecule has 9 aromatic carbocycles. The molecule has 0 amide bonds. The van der Waals surface area contributed by atoms with Gasteiger partial charge in [-0.25, -0.2) is 0 Å². The van der Waals surface area contributed by atoms with Crippen molar-refractivity contribution in [3.05, 3.63) is 319 Å². The van der Waals surface area contributed by atoms with E-state index in [0.29, 0.717) is 0 Å². The summed E-state index contributed by atoms with van der Waals surface area (Å²) in [5, 5.41) is 88.7. The second-order valence-electron chi connectivity index (χ2n) is 36.9. The van der Waals surface area contributed by atoms with E-state index in [1.165, 1.54) is 106 Å². The zero-order valence-electron chi connectivity index (χ0n) is 81.6. The summed E-state index contributed by atoms with van der Waals surface area (Å²) in [6.07, 6.45) is 20.9. The maximum atomic E-state index is 10.3. The van der Waals surface area contributed by atoms with Crippen LogP contribution in [0.2, 0.25) is 0 Å². The van der Waals surface area contributed by atoms with Crippen LogP contribution in [0.15, 0.2) is 218 Å². The molecule has 0 saturated heterocycles. The normalized spacial score (nSPS) is 13.3. The molecule has 9 unspecified atom stereocenters. The number of aryl methyl sites for hydroxylation is 9. The number of benzene rings is 9. The molecule has 0 bridgehead atoms. The Morgan fingerprint density at radius 2 is 0.431 bits per heavy atom. The van der Waals surface area contributed by atoms with Crippen LogP contribution in [0.5, 0.6) is 0 Å². The van der Waals surface area contributed by atoms with Gasteiger partial charge in [-0.1, -0.05) is 476 Å². The first-order valence-electron chi connectivity index (χ1n) is 46.9. The van der Waals surface area contributed by atoms with E-state index >= 15 is 0 Å². The highest BCUT2D eigenvalue weighted by Crippen LogP contribution is 2.35. The van der Waals surface area contributed by atoms with Gasteiger partial charge in [0.25, 0.3) is 0 Å². The van der Waals surface area contributed by atoms with Crippen LogP contribution < -0.4 is 0 Å². The van der Waals surface area contributed by atoms with Gasteiger partial charge in [-0.2, -0.15) is 0 Å². The van der Waals surface area contributed by atoms with E-state index in [1.807, 2.05) is 208 Å². The van der Waals surface area contributed by atoms with Gasteiger partial charge >= 0.3 is 0 Å². The third-order valence-corrected chi connectivity index (χ3v) is 22.9. The first-order valence-corrected chi connectivity index (χ1v) is 46.9. The fourth-order valence-corrected chi connectivity index (χ4v) is 13.3. The van der Waals surface area contributed by atoms with E-state index in [1.54, 1.807) is 0 Å². The molecule has 9 heteroatoms. The molecule has 0 heterocycles. The Balaban J connectivity index is 0.000000694. The van der Waals surface area contributed by atoms with E-state index in [0.717, 1.165) is 135 Å². The number of unbranched alkanes of at least 4 members (excludes halogenated alkanes) is 9. The van der Waals surface area contributed by atoms with Crippen molar-refractivity contribution in [1.29, 1.82) is 0 Å². The number of hydrogen-bond acceptors (Lipinski definition) is 9. The van der Waals surface area contributed by atoms with Crippen molar-refractivity contribution in [1.82, 2.24) is 0 Å². The van der Waals surface area contributed by atoms with Crippen LogP contribution in [0.3, 0.4) is 0 Å². The standard InChI is InChI=1S/C16H26O.C15H24O.C14H22O.C13H20O.2C12H18O.2C11H16O.C10H14O/c1-5-6-7-8-15(17)16(3,4)14-11-9-13(2)10-12-14;1-5-6-7-14(16)15(3,4)13-10-8-12(2)9-11-13;1-3-4-5-6-7-14(15)13-10-8-12(2)9-11-13;1-3-4-5-6-13(14)12-9-7-11(2)8-10-12;1-9-5-7-10(8-6-9)11(13)12(2,3)4;1-3-4-5-12(13)11-8-6-10(2)7-9-11;1-8(2)11(12)10-6-4-9(3)5-7-10;1-3-4-11(12)10-7-5-9(2)6-8-10;1-3-10(11)9-6-4-8(2)5-7-9/h9-12,15,17H,5-8H2,1-4H3;8-11,14,16H,5-7H2,1-4H3;8-11,14-15H,3-7H2,1-2H3;7-10,13-14H,3-6H2,1-2H3;5-8,11,13H,1-4H3;6-9,12-13H,3-5H2,1-2H3;4-8,11-12H,1-3H3;5-8,11-12H,3-4H2,1-2H3;4-7,10-11H,3H2,1-2H3. The number of hydrogen-bond donors (Lipinski definition) is 9. The average Bonchev–Trinajstić information content (AvgIpc) is 0.823. The molecule has 0 radical (unpaired) electrons. The largest absolute Gasteiger partial charge is 0.392 e. The van der Waals surface area contributed by atoms with Crippen LogP contribution in [0, 0.1) is 73.6 Å². The van der Waals surface area contributed by atoms with Crippen LogP contribution in [-0.2, 0) is 10.8 Å². The highest BCUT2D eigenvalue weighted by atomic mass is 16.3. The van der Waals surface area contributed by atoms with Gasteiger partial charge in [0, 0.05) is 10.8 Å². The van der Waals surface area contributed by atoms with Crippen LogP contribution >= 0.6 is 0 Å². The molecular formula is C114H174O9. The topological polar surface area (TPSA) is 182 Å². The predicted octanol–water partition coefficient (Wildman–Crippen LogP) is 29.9. The van der Waals surface area contributed by atoms with Gasteiger partial charge in [0.1, 0.15) is 0 Å². The zero-order chi connectivity index (χ0) is 92.7. The Morgan fingerprint density at radius 1 is 0.220 bits per heavy atom.